The van der Waals surface area contributed by atoms with E-state index < -0.39 is 34.9 Å². The van der Waals surface area contributed by atoms with Crippen LogP contribution in [0.1, 0.15) is 11.1 Å². The molecule has 27 heavy (non-hydrogen) atoms. The van der Waals surface area contributed by atoms with Crippen LogP contribution in [0.3, 0.4) is 0 Å². The van der Waals surface area contributed by atoms with Crippen molar-refractivity contribution in [3.05, 3.63) is 83.2 Å². The summed E-state index contributed by atoms with van der Waals surface area (Å²) in [6.07, 6.45) is -4.36. The van der Waals surface area contributed by atoms with E-state index in [2.05, 4.69) is 4.74 Å². The van der Waals surface area contributed by atoms with E-state index in [1.54, 1.807) is 0 Å². The van der Waals surface area contributed by atoms with Crippen molar-refractivity contribution in [3.8, 4) is 22.6 Å². The molecule has 3 rings (SSSR count). The number of phenolic OH excluding ortho intramolecular Hbond substituents is 1. The Bertz CT molecular complexity index is 961. The molecule has 0 saturated heterocycles. The highest BCUT2D eigenvalue weighted by Gasteiger charge is 2.41. The SMILES string of the molecule is Cc1ccc(OC(F)(F)c2c(F)cc(-c3ccc(O)cc3)cc2F)cc1F. The van der Waals surface area contributed by atoms with Gasteiger partial charge in [-0.05, 0) is 53.9 Å². The van der Waals surface area contributed by atoms with Gasteiger partial charge in [-0.3, -0.25) is 0 Å². The summed E-state index contributed by atoms with van der Waals surface area (Å²) in [6, 6.07) is 9.82. The molecular formula is C20H13F5O2. The molecule has 0 aromatic heterocycles. The van der Waals surface area contributed by atoms with Gasteiger partial charge >= 0.3 is 6.11 Å². The van der Waals surface area contributed by atoms with Crippen LogP contribution in [0, 0.1) is 24.4 Å². The molecular weight excluding hydrogens is 367 g/mol. The normalized spacial score (nSPS) is 11.5. The number of rotatable bonds is 4. The first-order valence-corrected chi connectivity index (χ1v) is 7.79. The van der Waals surface area contributed by atoms with Gasteiger partial charge in [-0.25, -0.2) is 13.2 Å². The highest BCUT2D eigenvalue weighted by molar-refractivity contribution is 5.65. The average molecular weight is 380 g/mol. The van der Waals surface area contributed by atoms with E-state index in [4.69, 9.17) is 0 Å². The molecule has 0 saturated carbocycles. The number of aryl methyl sites for hydroxylation is 1. The van der Waals surface area contributed by atoms with E-state index in [1.807, 2.05) is 0 Å². The van der Waals surface area contributed by atoms with Gasteiger partial charge in [0, 0.05) is 6.07 Å². The first kappa shape index (κ1) is 18.7. The third kappa shape index (κ3) is 3.86. The zero-order chi connectivity index (χ0) is 19.8. The summed E-state index contributed by atoms with van der Waals surface area (Å²) < 4.78 is 75.1. The number of phenols is 1. The number of benzene rings is 3. The fraction of sp³-hybridized carbons (Fsp3) is 0.100. The predicted octanol–water partition coefficient (Wildman–Crippen LogP) is 5.91. The topological polar surface area (TPSA) is 29.5 Å². The van der Waals surface area contributed by atoms with Gasteiger partial charge in [0.25, 0.3) is 0 Å². The van der Waals surface area contributed by atoms with E-state index in [-0.39, 0.29) is 16.9 Å². The standard InChI is InChI=1S/C20H13F5O2/c1-11-2-7-15(10-16(11)21)27-20(24,25)19-17(22)8-13(9-18(19)23)12-3-5-14(26)6-4-12/h2-10,26H,1H3. The Hall–Kier alpha value is -3.09. The molecule has 7 heteroatoms. The second kappa shape index (κ2) is 6.90. The number of hydrogen-bond acceptors (Lipinski definition) is 2. The molecule has 0 bridgehead atoms. The molecule has 0 unspecified atom stereocenters. The largest absolute Gasteiger partial charge is 0.508 e. The minimum absolute atomic E-state index is 0.00549. The van der Waals surface area contributed by atoms with Gasteiger partial charge in [-0.15, -0.1) is 0 Å². The fourth-order valence-corrected chi connectivity index (χ4v) is 2.51. The van der Waals surface area contributed by atoms with Crippen LogP contribution >= 0.6 is 0 Å². The Morgan fingerprint density at radius 3 is 1.93 bits per heavy atom. The molecule has 1 N–H and O–H groups in total. The van der Waals surface area contributed by atoms with Crippen LogP contribution in [0.5, 0.6) is 11.5 Å². The van der Waals surface area contributed by atoms with Crippen molar-refractivity contribution in [2.75, 3.05) is 0 Å². The lowest BCUT2D eigenvalue weighted by atomic mass is 10.0. The quantitative estimate of drug-likeness (QED) is 0.570. The van der Waals surface area contributed by atoms with Crippen molar-refractivity contribution in [1.29, 1.82) is 0 Å². The molecule has 140 valence electrons. The first-order valence-electron chi connectivity index (χ1n) is 7.79. The van der Waals surface area contributed by atoms with Crippen molar-refractivity contribution in [2.45, 2.75) is 13.0 Å². The van der Waals surface area contributed by atoms with Crippen LogP contribution in [0.2, 0.25) is 0 Å². The van der Waals surface area contributed by atoms with Gasteiger partial charge in [-0.1, -0.05) is 18.2 Å². The van der Waals surface area contributed by atoms with E-state index in [9.17, 15) is 27.1 Å². The summed E-state index contributed by atoms with van der Waals surface area (Å²) in [4.78, 5) is 0. The Morgan fingerprint density at radius 2 is 1.37 bits per heavy atom. The Kier molecular flexibility index (Phi) is 4.78. The van der Waals surface area contributed by atoms with Crippen molar-refractivity contribution in [2.24, 2.45) is 0 Å². The molecule has 3 aromatic rings. The number of hydrogen-bond donors (Lipinski definition) is 1. The average Bonchev–Trinajstić information content (AvgIpc) is 2.57. The maximum absolute atomic E-state index is 14.3. The molecule has 0 heterocycles. The number of aromatic hydroxyl groups is 1. The maximum Gasteiger partial charge on any atom is 0.432 e. The van der Waals surface area contributed by atoms with E-state index in [1.165, 1.54) is 37.3 Å². The summed E-state index contributed by atoms with van der Waals surface area (Å²) in [5.41, 5.74) is -1.04. The van der Waals surface area contributed by atoms with Gasteiger partial charge in [0.15, 0.2) is 0 Å². The third-order valence-electron chi connectivity index (χ3n) is 3.92. The minimum atomic E-state index is -4.36. The molecule has 3 aromatic carbocycles. The molecule has 0 spiro atoms. The van der Waals surface area contributed by atoms with Crippen molar-refractivity contribution >= 4 is 0 Å². The lowest BCUT2D eigenvalue weighted by Gasteiger charge is -2.20. The Morgan fingerprint density at radius 1 is 0.778 bits per heavy atom. The van der Waals surface area contributed by atoms with Crippen LogP contribution < -0.4 is 4.74 Å². The summed E-state index contributed by atoms with van der Waals surface area (Å²) in [5.74, 6) is -4.44. The highest BCUT2D eigenvalue weighted by Crippen LogP contribution is 2.37. The molecule has 0 radical (unpaired) electrons. The fourth-order valence-electron chi connectivity index (χ4n) is 2.51. The number of alkyl halides is 2. The summed E-state index contributed by atoms with van der Waals surface area (Å²) in [6.45, 7) is 1.43. The predicted molar refractivity (Wildman–Crippen MR) is 89.1 cm³/mol. The van der Waals surface area contributed by atoms with Gasteiger partial charge < -0.3 is 9.84 Å². The second-order valence-electron chi connectivity index (χ2n) is 5.89. The van der Waals surface area contributed by atoms with Gasteiger partial charge in [-0.2, -0.15) is 8.78 Å². The van der Waals surface area contributed by atoms with Crippen molar-refractivity contribution < 1.29 is 31.8 Å². The van der Waals surface area contributed by atoms with Crippen LogP contribution in [-0.2, 0) is 6.11 Å². The van der Waals surface area contributed by atoms with Gasteiger partial charge in [0.1, 0.15) is 34.5 Å². The monoisotopic (exact) mass is 380 g/mol. The van der Waals surface area contributed by atoms with Crippen LogP contribution in [0.25, 0.3) is 11.1 Å². The van der Waals surface area contributed by atoms with Crippen LogP contribution in [-0.4, -0.2) is 5.11 Å². The first-order chi connectivity index (χ1) is 12.7. The zero-order valence-corrected chi connectivity index (χ0v) is 13.9. The molecule has 0 atom stereocenters. The third-order valence-corrected chi connectivity index (χ3v) is 3.92. The van der Waals surface area contributed by atoms with Crippen molar-refractivity contribution in [3.63, 3.8) is 0 Å². The molecule has 2 nitrogen and oxygen atoms in total. The highest BCUT2D eigenvalue weighted by atomic mass is 19.3. The molecule has 0 amide bonds. The molecule has 0 aliphatic rings. The van der Waals surface area contributed by atoms with E-state index >= 15 is 0 Å². The minimum Gasteiger partial charge on any atom is -0.508 e. The summed E-state index contributed by atoms with van der Waals surface area (Å²) >= 11 is 0. The summed E-state index contributed by atoms with van der Waals surface area (Å²) in [7, 11) is 0. The molecule has 0 aliphatic heterocycles. The van der Waals surface area contributed by atoms with E-state index in [0.29, 0.717) is 11.6 Å². The smallest absolute Gasteiger partial charge is 0.432 e. The molecule has 0 aliphatic carbocycles. The van der Waals surface area contributed by atoms with Gasteiger partial charge in [0.05, 0.1) is 0 Å². The summed E-state index contributed by atoms with van der Waals surface area (Å²) in [5, 5.41) is 9.25. The molecule has 0 fully saturated rings. The maximum atomic E-state index is 14.3. The Balaban J connectivity index is 1.97. The van der Waals surface area contributed by atoms with Gasteiger partial charge in [0.2, 0.25) is 0 Å². The van der Waals surface area contributed by atoms with Crippen LogP contribution in [0.4, 0.5) is 22.0 Å². The lowest BCUT2D eigenvalue weighted by Crippen LogP contribution is -2.25. The number of halogens is 5. The van der Waals surface area contributed by atoms with Crippen LogP contribution in [0.15, 0.2) is 54.6 Å². The Labute approximate surface area is 151 Å². The zero-order valence-electron chi connectivity index (χ0n) is 13.9. The second-order valence-corrected chi connectivity index (χ2v) is 5.89. The number of ether oxygens (including phenoxy) is 1. The van der Waals surface area contributed by atoms with E-state index in [0.717, 1.165) is 18.2 Å². The lowest BCUT2D eigenvalue weighted by molar-refractivity contribution is -0.189. The van der Waals surface area contributed by atoms with Crippen molar-refractivity contribution in [1.82, 2.24) is 0 Å².